The van der Waals surface area contributed by atoms with E-state index in [-0.39, 0.29) is 49.1 Å². The molecule has 0 spiro atoms. The smallest absolute Gasteiger partial charge is 0.416 e. The van der Waals surface area contributed by atoms with Gasteiger partial charge in [0.05, 0.1) is 12.2 Å². The van der Waals surface area contributed by atoms with E-state index < -0.39 is 17.6 Å². The van der Waals surface area contributed by atoms with Crippen LogP contribution in [0.3, 0.4) is 0 Å². The van der Waals surface area contributed by atoms with E-state index in [1.54, 1.807) is 19.9 Å². The second-order valence-electron chi connectivity index (χ2n) is 6.30. The van der Waals surface area contributed by atoms with Crippen LogP contribution in [-0.2, 0) is 11.0 Å². The van der Waals surface area contributed by atoms with E-state index in [0.717, 1.165) is 12.1 Å². The molecule has 0 unspecified atom stereocenters. The van der Waals surface area contributed by atoms with Crippen LogP contribution in [-0.4, -0.2) is 23.3 Å². The van der Waals surface area contributed by atoms with Crippen molar-refractivity contribution in [3.63, 3.8) is 0 Å². The fourth-order valence-corrected chi connectivity index (χ4v) is 2.48. The number of hydrogen-bond donors (Lipinski definition) is 1. The number of hydrogen-bond acceptors (Lipinski definition) is 4. The van der Waals surface area contributed by atoms with Gasteiger partial charge in [0.1, 0.15) is 5.82 Å². The number of ether oxygens (including phenoxy) is 1. The molecule has 1 aromatic carbocycles. The molecule has 1 amide bonds. The summed E-state index contributed by atoms with van der Waals surface area (Å²) >= 11 is 0. The Kier molecular flexibility index (Phi) is 7.30. The third-order valence-electron chi connectivity index (χ3n) is 3.93. The molecule has 0 aliphatic heterocycles. The van der Waals surface area contributed by atoms with E-state index in [1.165, 1.54) is 6.07 Å². The zero-order valence-corrected chi connectivity index (χ0v) is 15.9. The van der Waals surface area contributed by atoms with Crippen molar-refractivity contribution in [3.8, 4) is 5.75 Å². The standard InChI is InChI=1S/C20H20F4N2O3/c1-3-19(28)26-18-10-13(9-12(2)25-18)16(27)5-4-8-29-17-7-6-14(11-15(17)21)20(22,23)24/h6-7,9-11H,3-5,8H2,1-2H3,(H,25,26,28). The molecule has 2 aromatic rings. The maximum Gasteiger partial charge on any atom is 0.416 e. The van der Waals surface area contributed by atoms with Gasteiger partial charge in [-0.15, -0.1) is 0 Å². The van der Waals surface area contributed by atoms with Gasteiger partial charge in [-0.25, -0.2) is 9.37 Å². The van der Waals surface area contributed by atoms with E-state index in [1.807, 2.05) is 0 Å². The zero-order valence-electron chi connectivity index (χ0n) is 15.9. The number of nitrogens with zero attached hydrogens (tertiary/aromatic N) is 1. The lowest BCUT2D eigenvalue weighted by Gasteiger charge is -2.11. The van der Waals surface area contributed by atoms with Gasteiger partial charge in [0, 0.05) is 24.1 Å². The lowest BCUT2D eigenvalue weighted by atomic mass is 10.1. The van der Waals surface area contributed by atoms with Gasteiger partial charge in [-0.05, 0) is 43.7 Å². The van der Waals surface area contributed by atoms with Crippen LogP contribution in [0.25, 0.3) is 0 Å². The maximum absolute atomic E-state index is 13.7. The molecule has 0 fully saturated rings. The first-order valence-electron chi connectivity index (χ1n) is 8.91. The van der Waals surface area contributed by atoms with Crippen LogP contribution in [0.2, 0.25) is 0 Å². The van der Waals surface area contributed by atoms with Crippen molar-refractivity contribution in [2.45, 2.75) is 39.3 Å². The van der Waals surface area contributed by atoms with Crippen molar-refractivity contribution >= 4 is 17.5 Å². The van der Waals surface area contributed by atoms with E-state index in [4.69, 9.17) is 4.74 Å². The lowest BCUT2D eigenvalue weighted by molar-refractivity contribution is -0.137. The molecule has 0 radical (unpaired) electrons. The van der Waals surface area contributed by atoms with Crippen LogP contribution >= 0.6 is 0 Å². The van der Waals surface area contributed by atoms with Crippen molar-refractivity contribution in [3.05, 3.63) is 53.0 Å². The number of alkyl halides is 3. The van der Waals surface area contributed by atoms with Crippen LogP contribution < -0.4 is 10.1 Å². The summed E-state index contributed by atoms with van der Waals surface area (Å²) in [5, 5.41) is 2.59. The highest BCUT2D eigenvalue weighted by Crippen LogP contribution is 2.32. The Bertz CT molecular complexity index is 898. The number of benzene rings is 1. The fraction of sp³-hybridized carbons (Fsp3) is 0.350. The molecule has 0 aliphatic rings. The summed E-state index contributed by atoms with van der Waals surface area (Å²) in [6.07, 6.45) is -4.05. The number of aromatic nitrogens is 1. The number of Topliss-reactive ketones (excluding diaryl/α,β-unsaturated/α-hetero) is 1. The van der Waals surface area contributed by atoms with Gasteiger partial charge in [-0.3, -0.25) is 9.59 Å². The number of aryl methyl sites for hydroxylation is 1. The summed E-state index contributed by atoms with van der Waals surface area (Å²) in [4.78, 5) is 28.0. The average molecular weight is 412 g/mol. The molecule has 0 saturated heterocycles. The van der Waals surface area contributed by atoms with Gasteiger partial charge in [0.25, 0.3) is 0 Å². The number of halogens is 4. The van der Waals surface area contributed by atoms with Gasteiger partial charge in [0.15, 0.2) is 17.3 Å². The van der Waals surface area contributed by atoms with E-state index >= 15 is 0 Å². The molecular weight excluding hydrogens is 392 g/mol. The minimum Gasteiger partial charge on any atom is -0.491 e. The van der Waals surface area contributed by atoms with Crippen LogP contribution in [0.1, 0.15) is 47.8 Å². The number of anilines is 1. The second kappa shape index (κ2) is 9.49. The quantitative estimate of drug-likeness (QED) is 0.379. The third kappa shape index (κ3) is 6.55. The summed E-state index contributed by atoms with van der Waals surface area (Å²) < 4.78 is 56.5. The molecule has 1 aromatic heterocycles. The highest BCUT2D eigenvalue weighted by Gasteiger charge is 2.31. The maximum atomic E-state index is 13.7. The monoisotopic (exact) mass is 412 g/mol. The molecule has 0 saturated carbocycles. The molecule has 0 atom stereocenters. The number of pyridine rings is 1. The van der Waals surface area contributed by atoms with Gasteiger partial charge in [-0.1, -0.05) is 6.92 Å². The number of carbonyl (C=O) groups excluding carboxylic acids is 2. The molecular formula is C20H20F4N2O3. The van der Waals surface area contributed by atoms with Gasteiger partial charge in [0.2, 0.25) is 5.91 Å². The summed E-state index contributed by atoms with van der Waals surface area (Å²) in [5.41, 5.74) is -0.175. The average Bonchev–Trinajstić information content (AvgIpc) is 2.64. The van der Waals surface area contributed by atoms with Crippen LogP contribution in [0, 0.1) is 12.7 Å². The van der Waals surface area contributed by atoms with Gasteiger partial charge >= 0.3 is 6.18 Å². The molecule has 0 bridgehead atoms. The second-order valence-corrected chi connectivity index (χ2v) is 6.30. The highest BCUT2D eigenvalue weighted by atomic mass is 19.4. The molecule has 1 heterocycles. The fourth-order valence-electron chi connectivity index (χ4n) is 2.48. The molecule has 0 aliphatic carbocycles. The zero-order chi connectivity index (χ0) is 21.6. The highest BCUT2D eigenvalue weighted by molar-refractivity contribution is 5.98. The SMILES string of the molecule is CCC(=O)Nc1cc(C(=O)CCCOc2ccc(C(F)(F)F)cc2F)cc(C)n1. The first kappa shape index (κ1) is 22.3. The molecule has 9 heteroatoms. The third-order valence-corrected chi connectivity index (χ3v) is 3.93. The summed E-state index contributed by atoms with van der Waals surface area (Å²) in [7, 11) is 0. The number of ketones is 1. The molecule has 156 valence electrons. The molecule has 2 rings (SSSR count). The Morgan fingerprint density at radius 2 is 1.90 bits per heavy atom. The van der Waals surface area contributed by atoms with Crippen molar-refractivity contribution in [1.82, 2.24) is 4.98 Å². The summed E-state index contributed by atoms with van der Waals surface area (Å²) in [6, 6.07) is 5.07. The van der Waals surface area contributed by atoms with Crippen molar-refractivity contribution in [2.75, 3.05) is 11.9 Å². The molecule has 29 heavy (non-hydrogen) atoms. The molecule has 5 nitrogen and oxygen atoms in total. The van der Waals surface area contributed by atoms with E-state index in [0.29, 0.717) is 17.3 Å². The lowest BCUT2D eigenvalue weighted by Crippen LogP contribution is -2.12. The van der Waals surface area contributed by atoms with Gasteiger partial charge < -0.3 is 10.1 Å². The number of amides is 1. The first-order chi connectivity index (χ1) is 13.6. The Hall–Kier alpha value is -2.97. The van der Waals surface area contributed by atoms with Crippen LogP contribution in [0.5, 0.6) is 5.75 Å². The van der Waals surface area contributed by atoms with E-state index in [9.17, 15) is 27.2 Å². The van der Waals surface area contributed by atoms with Crippen molar-refractivity contribution < 1.29 is 31.9 Å². The summed E-state index contributed by atoms with van der Waals surface area (Å²) in [6.45, 7) is 3.34. The van der Waals surface area contributed by atoms with Crippen molar-refractivity contribution in [1.29, 1.82) is 0 Å². The number of carbonyl (C=O) groups is 2. The molecule has 1 N–H and O–H groups in total. The predicted octanol–water partition coefficient (Wildman–Crippen LogP) is 4.94. The van der Waals surface area contributed by atoms with Crippen molar-refractivity contribution in [2.24, 2.45) is 0 Å². The van der Waals surface area contributed by atoms with Crippen LogP contribution in [0.4, 0.5) is 23.4 Å². The Morgan fingerprint density at radius 1 is 1.17 bits per heavy atom. The van der Waals surface area contributed by atoms with Crippen LogP contribution in [0.15, 0.2) is 30.3 Å². The normalized spacial score (nSPS) is 11.2. The van der Waals surface area contributed by atoms with Gasteiger partial charge in [-0.2, -0.15) is 13.2 Å². The Balaban J connectivity index is 1.91. The minimum absolute atomic E-state index is 0.0441. The number of nitrogens with one attached hydrogen (secondary N) is 1. The Labute approximate surface area is 165 Å². The summed E-state index contributed by atoms with van der Waals surface area (Å²) in [5.74, 6) is -1.60. The number of rotatable bonds is 8. The Morgan fingerprint density at radius 3 is 2.52 bits per heavy atom. The van der Waals surface area contributed by atoms with E-state index in [2.05, 4.69) is 10.3 Å². The first-order valence-corrected chi connectivity index (χ1v) is 8.91. The minimum atomic E-state index is -4.64. The topological polar surface area (TPSA) is 68.3 Å². The predicted molar refractivity (Wildman–Crippen MR) is 98.4 cm³/mol. The largest absolute Gasteiger partial charge is 0.491 e.